The Hall–Kier alpha value is -1.81. The average Bonchev–Trinajstić information content (AvgIpc) is 2.67. The normalized spacial score (nSPS) is 11.8. The number of para-hydroxylation sites is 1. The summed E-state index contributed by atoms with van der Waals surface area (Å²) in [5.41, 5.74) is 7.06. The minimum absolute atomic E-state index is 0.00861. The topological polar surface area (TPSA) is 60.0 Å². The van der Waals surface area contributed by atoms with Crippen LogP contribution in [-0.2, 0) is 11.8 Å². The Morgan fingerprint density at radius 1 is 1.37 bits per heavy atom. The highest BCUT2D eigenvalue weighted by Gasteiger charge is 2.27. The van der Waals surface area contributed by atoms with Crippen molar-refractivity contribution in [1.82, 2.24) is 4.57 Å². The lowest BCUT2D eigenvalue weighted by molar-refractivity contribution is -0.124. The molecule has 0 aliphatic rings. The Morgan fingerprint density at radius 3 is 2.74 bits per heavy atom. The van der Waals surface area contributed by atoms with Gasteiger partial charge in [0.05, 0.1) is 5.69 Å². The Labute approximate surface area is 113 Å². The zero-order chi connectivity index (χ0) is 14.0. The summed E-state index contributed by atoms with van der Waals surface area (Å²) < 4.78 is 2.01. The van der Waals surface area contributed by atoms with Crippen LogP contribution < -0.4 is 11.1 Å². The Morgan fingerprint density at radius 2 is 2.05 bits per heavy atom. The maximum Gasteiger partial charge on any atom is 0.230 e. The highest BCUT2D eigenvalue weighted by atomic mass is 16.2. The van der Waals surface area contributed by atoms with E-state index in [0.717, 1.165) is 16.6 Å². The van der Waals surface area contributed by atoms with Gasteiger partial charge in [0.2, 0.25) is 5.91 Å². The third-order valence-electron chi connectivity index (χ3n) is 3.53. The van der Waals surface area contributed by atoms with Crippen LogP contribution >= 0.6 is 0 Å². The van der Waals surface area contributed by atoms with Crippen LogP contribution in [0.4, 0.5) is 5.69 Å². The van der Waals surface area contributed by atoms with Gasteiger partial charge in [-0.05, 0) is 19.0 Å². The number of aromatic nitrogens is 1. The maximum atomic E-state index is 12.3. The van der Waals surface area contributed by atoms with Gasteiger partial charge in [0.25, 0.3) is 0 Å². The van der Waals surface area contributed by atoms with Gasteiger partial charge in [0.15, 0.2) is 0 Å². The number of anilines is 1. The Balaban J connectivity index is 2.29. The number of carbonyl (C=O) groups excluding carboxylic acids is 1. The minimum atomic E-state index is -0.453. The van der Waals surface area contributed by atoms with E-state index in [0.29, 0.717) is 13.0 Å². The summed E-state index contributed by atoms with van der Waals surface area (Å²) >= 11 is 0. The number of nitrogens with one attached hydrogen (secondary N) is 1. The molecule has 2 rings (SSSR count). The smallest absolute Gasteiger partial charge is 0.230 e. The second-order valence-corrected chi connectivity index (χ2v) is 5.55. The number of rotatable bonds is 4. The molecule has 0 fully saturated rings. The van der Waals surface area contributed by atoms with Crippen molar-refractivity contribution in [3.63, 3.8) is 0 Å². The molecule has 19 heavy (non-hydrogen) atoms. The molecule has 0 spiro atoms. The van der Waals surface area contributed by atoms with Gasteiger partial charge >= 0.3 is 0 Å². The molecule has 0 unspecified atom stereocenters. The van der Waals surface area contributed by atoms with Crippen LogP contribution in [0.5, 0.6) is 0 Å². The highest BCUT2D eigenvalue weighted by molar-refractivity contribution is 6.03. The van der Waals surface area contributed by atoms with E-state index >= 15 is 0 Å². The molecular weight excluding hydrogens is 238 g/mol. The van der Waals surface area contributed by atoms with Crippen molar-refractivity contribution in [2.45, 2.75) is 20.3 Å². The van der Waals surface area contributed by atoms with Crippen LogP contribution in [0.2, 0.25) is 0 Å². The van der Waals surface area contributed by atoms with Crippen molar-refractivity contribution in [3.8, 4) is 0 Å². The molecule has 1 heterocycles. The van der Waals surface area contributed by atoms with E-state index in [2.05, 4.69) is 5.32 Å². The number of fused-ring (bicyclic) bond motifs is 1. The van der Waals surface area contributed by atoms with Gasteiger partial charge in [-0.3, -0.25) is 4.79 Å². The van der Waals surface area contributed by atoms with Crippen molar-refractivity contribution in [3.05, 3.63) is 30.5 Å². The molecule has 4 heteroatoms. The third kappa shape index (κ3) is 2.63. The van der Waals surface area contributed by atoms with E-state index in [4.69, 9.17) is 5.73 Å². The minimum Gasteiger partial charge on any atom is -0.348 e. The first-order valence-electron chi connectivity index (χ1n) is 6.51. The van der Waals surface area contributed by atoms with Crippen molar-refractivity contribution in [1.29, 1.82) is 0 Å². The second-order valence-electron chi connectivity index (χ2n) is 5.55. The highest BCUT2D eigenvalue weighted by Crippen LogP contribution is 2.28. The molecule has 0 atom stereocenters. The molecule has 0 aliphatic heterocycles. The number of benzene rings is 1. The summed E-state index contributed by atoms with van der Waals surface area (Å²) in [4.78, 5) is 12.3. The molecule has 102 valence electrons. The van der Waals surface area contributed by atoms with E-state index in [1.807, 2.05) is 55.9 Å². The number of amides is 1. The van der Waals surface area contributed by atoms with Crippen LogP contribution in [0.1, 0.15) is 20.3 Å². The monoisotopic (exact) mass is 259 g/mol. The molecular formula is C15H21N3O. The number of hydrogen-bond donors (Lipinski definition) is 2. The Bertz CT molecular complexity index is 598. The summed E-state index contributed by atoms with van der Waals surface area (Å²) in [5.74, 6) is 0.00861. The van der Waals surface area contributed by atoms with Gasteiger partial charge in [-0.1, -0.05) is 32.0 Å². The molecule has 1 amide bonds. The summed E-state index contributed by atoms with van der Waals surface area (Å²) in [6.45, 7) is 4.34. The van der Waals surface area contributed by atoms with Crippen LogP contribution in [0.25, 0.3) is 10.9 Å². The fourth-order valence-corrected chi connectivity index (χ4v) is 2.21. The predicted molar refractivity (Wildman–Crippen MR) is 79.0 cm³/mol. The van der Waals surface area contributed by atoms with Crippen molar-refractivity contribution < 1.29 is 4.79 Å². The molecule has 1 aromatic heterocycles. The first kappa shape index (κ1) is 13.6. The van der Waals surface area contributed by atoms with Crippen LogP contribution in [0.15, 0.2) is 30.5 Å². The lowest BCUT2D eigenvalue weighted by Gasteiger charge is -2.22. The lowest BCUT2D eigenvalue weighted by Crippen LogP contribution is -2.32. The molecule has 0 aliphatic carbocycles. The molecule has 0 saturated heterocycles. The third-order valence-corrected chi connectivity index (χ3v) is 3.53. The predicted octanol–water partition coefficient (Wildman–Crippen LogP) is 2.49. The van der Waals surface area contributed by atoms with Gasteiger partial charge in [-0.25, -0.2) is 0 Å². The molecule has 3 N–H and O–H groups in total. The van der Waals surface area contributed by atoms with Gasteiger partial charge in [0.1, 0.15) is 0 Å². The number of hydrogen-bond acceptors (Lipinski definition) is 2. The fourth-order valence-electron chi connectivity index (χ4n) is 2.21. The standard InChI is InChI=1S/C15H21N3O/c1-15(2,8-9-16)14(19)17-12-10-18(3)13-7-5-4-6-11(12)13/h4-7,10H,8-9,16H2,1-3H3,(H,17,19). The maximum absolute atomic E-state index is 12.3. The van der Waals surface area contributed by atoms with Gasteiger partial charge in [-0.2, -0.15) is 0 Å². The average molecular weight is 259 g/mol. The molecule has 0 radical (unpaired) electrons. The summed E-state index contributed by atoms with van der Waals surface area (Å²) in [6, 6.07) is 8.02. The van der Waals surface area contributed by atoms with Crippen molar-refractivity contribution >= 4 is 22.5 Å². The van der Waals surface area contributed by atoms with Crippen LogP contribution in [0.3, 0.4) is 0 Å². The van der Waals surface area contributed by atoms with E-state index in [1.165, 1.54) is 0 Å². The van der Waals surface area contributed by atoms with Crippen LogP contribution in [0, 0.1) is 5.41 Å². The molecule has 2 aromatic rings. The van der Waals surface area contributed by atoms with E-state index in [-0.39, 0.29) is 5.91 Å². The number of aryl methyl sites for hydroxylation is 1. The Kier molecular flexibility index (Phi) is 3.62. The number of nitrogens with two attached hydrogens (primary N) is 1. The van der Waals surface area contributed by atoms with Crippen LogP contribution in [-0.4, -0.2) is 17.0 Å². The first-order valence-corrected chi connectivity index (χ1v) is 6.51. The molecule has 1 aromatic carbocycles. The molecule has 0 saturated carbocycles. The summed E-state index contributed by atoms with van der Waals surface area (Å²) in [5, 5.41) is 4.07. The van der Waals surface area contributed by atoms with Gasteiger partial charge < -0.3 is 15.6 Å². The quantitative estimate of drug-likeness (QED) is 0.886. The van der Waals surface area contributed by atoms with Gasteiger partial charge in [-0.15, -0.1) is 0 Å². The van der Waals surface area contributed by atoms with E-state index < -0.39 is 5.41 Å². The summed E-state index contributed by atoms with van der Waals surface area (Å²) in [6.07, 6.45) is 2.62. The summed E-state index contributed by atoms with van der Waals surface area (Å²) in [7, 11) is 1.98. The zero-order valence-electron chi connectivity index (χ0n) is 11.7. The first-order chi connectivity index (χ1) is 8.95. The SMILES string of the molecule is Cn1cc(NC(=O)C(C)(C)CCN)c2ccccc21. The lowest BCUT2D eigenvalue weighted by atomic mass is 9.88. The largest absolute Gasteiger partial charge is 0.348 e. The van der Waals surface area contributed by atoms with Crippen molar-refractivity contribution in [2.75, 3.05) is 11.9 Å². The number of carbonyl (C=O) groups is 1. The zero-order valence-corrected chi connectivity index (χ0v) is 11.7. The molecule has 0 bridgehead atoms. The van der Waals surface area contributed by atoms with Gasteiger partial charge in [0, 0.05) is 29.6 Å². The second kappa shape index (κ2) is 5.05. The number of nitrogens with zero attached hydrogens (tertiary/aromatic N) is 1. The van der Waals surface area contributed by atoms with E-state index in [9.17, 15) is 4.79 Å². The molecule has 4 nitrogen and oxygen atoms in total. The van der Waals surface area contributed by atoms with Crippen molar-refractivity contribution in [2.24, 2.45) is 18.2 Å². The van der Waals surface area contributed by atoms with E-state index in [1.54, 1.807) is 0 Å². The fraction of sp³-hybridized carbons (Fsp3) is 0.400.